The number of pyridine rings is 1. The predicted octanol–water partition coefficient (Wildman–Crippen LogP) is 1.96. The van der Waals surface area contributed by atoms with Gasteiger partial charge in [-0.1, -0.05) is 26.7 Å². The highest BCUT2D eigenvalue weighted by atomic mass is 16.2. The van der Waals surface area contributed by atoms with Crippen LogP contribution in [0.2, 0.25) is 0 Å². The van der Waals surface area contributed by atoms with Gasteiger partial charge in [0.15, 0.2) is 0 Å². The molecule has 3 N–H and O–H groups in total. The summed E-state index contributed by atoms with van der Waals surface area (Å²) < 4.78 is 0. The molecule has 0 aliphatic carbocycles. The summed E-state index contributed by atoms with van der Waals surface area (Å²) in [5.74, 6) is 0.421. The Morgan fingerprint density at radius 2 is 2.05 bits per heavy atom. The molecule has 0 aliphatic rings. The number of hydrogen-bond acceptors (Lipinski definition) is 4. The third-order valence-electron chi connectivity index (χ3n) is 3.58. The maximum absolute atomic E-state index is 11.8. The minimum Gasteiger partial charge on any atom is -0.383 e. The zero-order valence-corrected chi connectivity index (χ0v) is 12.9. The normalized spacial score (nSPS) is 12.3. The van der Waals surface area contributed by atoms with Crippen molar-refractivity contribution in [3.63, 3.8) is 0 Å². The van der Waals surface area contributed by atoms with E-state index in [0.717, 1.165) is 18.5 Å². The summed E-state index contributed by atoms with van der Waals surface area (Å²) in [6, 6.07) is 3.74. The van der Waals surface area contributed by atoms with Crippen molar-refractivity contribution in [3.05, 3.63) is 24.0 Å². The minimum atomic E-state index is -0.0991. The second kappa shape index (κ2) is 7.85. The van der Waals surface area contributed by atoms with Gasteiger partial charge in [0.25, 0.3) is 5.91 Å². The standard InChI is InChI=1S/C15H26N4O/c1-5-11(6-2)13(16)10-18-12-7-8-17-14(9-12)15(20)19(3)4/h7-9,11,13H,5-6,10,16H2,1-4H3,(H,17,18). The molecule has 5 nitrogen and oxygen atoms in total. The topological polar surface area (TPSA) is 71.2 Å². The zero-order chi connectivity index (χ0) is 15.1. The number of nitrogens with one attached hydrogen (secondary N) is 1. The summed E-state index contributed by atoms with van der Waals surface area (Å²) in [6.45, 7) is 5.02. The molecule has 0 radical (unpaired) electrons. The van der Waals surface area contributed by atoms with Gasteiger partial charge in [-0.15, -0.1) is 0 Å². The van der Waals surface area contributed by atoms with Crippen LogP contribution in [0.25, 0.3) is 0 Å². The van der Waals surface area contributed by atoms with Gasteiger partial charge in [0.1, 0.15) is 5.69 Å². The first kappa shape index (κ1) is 16.4. The number of amides is 1. The Morgan fingerprint density at radius 1 is 1.40 bits per heavy atom. The summed E-state index contributed by atoms with van der Waals surface area (Å²) in [5, 5.41) is 3.29. The van der Waals surface area contributed by atoms with Crippen LogP contribution in [0.3, 0.4) is 0 Å². The van der Waals surface area contributed by atoms with Crippen LogP contribution in [0.4, 0.5) is 5.69 Å². The number of carbonyl (C=O) groups excluding carboxylic acids is 1. The lowest BCUT2D eigenvalue weighted by Crippen LogP contribution is -2.36. The summed E-state index contributed by atoms with van der Waals surface area (Å²) in [5.41, 5.74) is 7.50. The van der Waals surface area contributed by atoms with Gasteiger partial charge >= 0.3 is 0 Å². The quantitative estimate of drug-likeness (QED) is 0.800. The Hall–Kier alpha value is -1.62. The molecule has 5 heteroatoms. The SMILES string of the molecule is CCC(CC)C(N)CNc1ccnc(C(=O)N(C)C)c1. The first-order chi connectivity index (χ1) is 9.49. The van der Waals surface area contributed by atoms with Gasteiger partial charge in [-0.05, 0) is 18.1 Å². The van der Waals surface area contributed by atoms with Crippen molar-refractivity contribution >= 4 is 11.6 Å². The van der Waals surface area contributed by atoms with E-state index >= 15 is 0 Å². The van der Waals surface area contributed by atoms with E-state index in [2.05, 4.69) is 24.1 Å². The molecule has 112 valence electrons. The number of nitrogens with two attached hydrogens (primary N) is 1. The van der Waals surface area contributed by atoms with E-state index in [0.29, 0.717) is 18.2 Å². The van der Waals surface area contributed by atoms with Crippen molar-refractivity contribution in [1.29, 1.82) is 0 Å². The fraction of sp³-hybridized carbons (Fsp3) is 0.600. The first-order valence-electron chi connectivity index (χ1n) is 7.16. The van der Waals surface area contributed by atoms with E-state index in [1.165, 1.54) is 4.90 Å². The Kier molecular flexibility index (Phi) is 6.45. The molecule has 0 spiro atoms. The maximum atomic E-state index is 11.8. The lowest BCUT2D eigenvalue weighted by Gasteiger charge is -2.22. The smallest absolute Gasteiger partial charge is 0.272 e. The van der Waals surface area contributed by atoms with Gasteiger partial charge in [-0.3, -0.25) is 9.78 Å². The second-order valence-electron chi connectivity index (χ2n) is 5.25. The van der Waals surface area contributed by atoms with E-state index in [9.17, 15) is 4.79 Å². The van der Waals surface area contributed by atoms with Crippen molar-refractivity contribution in [2.75, 3.05) is 26.0 Å². The van der Waals surface area contributed by atoms with Gasteiger partial charge in [-0.25, -0.2) is 0 Å². The molecule has 1 aromatic heterocycles. The molecule has 1 heterocycles. The van der Waals surface area contributed by atoms with Crippen LogP contribution in [0.5, 0.6) is 0 Å². The van der Waals surface area contributed by atoms with Crippen LogP contribution >= 0.6 is 0 Å². The number of anilines is 1. The molecule has 0 bridgehead atoms. The van der Waals surface area contributed by atoms with Gasteiger partial charge < -0.3 is 16.0 Å². The molecule has 20 heavy (non-hydrogen) atoms. The van der Waals surface area contributed by atoms with Gasteiger partial charge in [0, 0.05) is 38.6 Å². The molecule has 1 aromatic rings. The van der Waals surface area contributed by atoms with Crippen LogP contribution in [0.1, 0.15) is 37.2 Å². The summed E-state index contributed by atoms with van der Waals surface area (Å²) in [7, 11) is 3.43. The Morgan fingerprint density at radius 3 is 2.60 bits per heavy atom. The number of nitrogens with zero attached hydrogens (tertiary/aromatic N) is 2. The van der Waals surface area contributed by atoms with Crippen LogP contribution in [-0.4, -0.2) is 42.5 Å². The highest BCUT2D eigenvalue weighted by Crippen LogP contribution is 2.14. The van der Waals surface area contributed by atoms with Crippen LogP contribution in [0.15, 0.2) is 18.3 Å². The Bertz CT molecular complexity index is 430. The van der Waals surface area contributed by atoms with Crippen molar-refractivity contribution in [2.45, 2.75) is 32.7 Å². The second-order valence-corrected chi connectivity index (χ2v) is 5.25. The van der Waals surface area contributed by atoms with Gasteiger partial charge in [0.2, 0.25) is 0 Å². The molecule has 0 aliphatic heterocycles. The largest absolute Gasteiger partial charge is 0.383 e. The van der Waals surface area contributed by atoms with E-state index in [1.54, 1.807) is 26.4 Å². The van der Waals surface area contributed by atoms with Crippen molar-refractivity contribution in [3.8, 4) is 0 Å². The molecule has 1 atom stereocenters. The molecule has 0 saturated heterocycles. The minimum absolute atomic E-state index is 0.0991. The highest BCUT2D eigenvalue weighted by molar-refractivity contribution is 5.92. The van der Waals surface area contributed by atoms with Crippen LogP contribution in [0, 0.1) is 5.92 Å². The van der Waals surface area contributed by atoms with Crippen LogP contribution in [-0.2, 0) is 0 Å². The molecule has 1 amide bonds. The lowest BCUT2D eigenvalue weighted by atomic mass is 9.95. The Labute approximate surface area is 121 Å². The molecule has 1 unspecified atom stereocenters. The molecule has 0 saturated carbocycles. The van der Waals surface area contributed by atoms with E-state index in [1.807, 2.05) is 6.07 Å². The molecule has 1 rings (SSSR count). The van der Waals surface area contributed by atoms with Gasteiger partial charge in [0.05, 0.1) is 0 Å². The average molecular weight is 278 g/mol. The maximum Gasteiger partial charge on any atom is 0.272 e. The summed E-state index contributed by atoms with van der Waals surface area (Å²) >= 11 is 0. The molecule has 0 aromatic carbocycles. The number of rotatable bonds is 7. The van der Waals surface area contributed by atoms with Gasteiger partial charge in [-0.2, -0.15) is 0 Å². The fourth-order valence-corrected chi connectivity index (χ4v) is 2.18. The number of aromatic nitrogens is 1. The molecule has 0 fully saturated rings. The Balaban J connectivity index is 2.65. The van der Waals surface area contributed by atoms with E-state index in [4.69, 9.17) is 5.73 Å². The lowest BCUT2D eigenvalue weighted by molar-refractivity contribution is 0.0822. The van der Waals surface area contributed by atoms with Crippen LogP contribution < -0.4 is 11.1 Å². The van der Waals surface area contributed by atoms with Crippen molar-refractivity contribution in [2.24, 2.45) is 11.7 Å². The monoisotopic (exact) mass is 278 g/mol. The summed E-state index contributed by atoms with van der Waals surface area (Å²) in [6.07, 6.45) is 3.81. The third kappa shape index (κ3) is 4.49. The molecular weight excluding hydrogens is 252 g/mol. The zero-order valence-electron chi connectivity index (χ0n) is 12.9. The third-order valence-corrected chi connectivity index (χ3v) is 3.58. The predicted molar refractivity (Wildman–Crippen MR) is 82.8 cm³/mol. The highest BCUT2D eigenvalue weighted by Gasteiger charge is 2.14. The van der Waals surface area contributed by atoms with E-state index < -0.39 is 0 Å². The first-order valence-corrected chi connectivity index (χ1v) is 7.16. The van der Waals surface area contributed by atoms with Crippen molar-refractivity contribution in [1.82, 2.24) is 9.88 Å². The molecular formula is C15H26N4O. The number of carbonyl (C=O) groups is 1. The average Bonchev–Trinajstić information content (AvgIpc) is 2.45. The van der Waals surface area contributed by atoms with Crippen molar-refractivity contribution < 1.29 is 4.79 Å². The number of hydrogen-bond donors (Lipinski definition) is 2. The summed E-state index contributed by atoms with van der Waals surface area (Å²) in [4.78, 5) is 17.5. The van der Waals surface area contributed by atoms with E-state index in [-0.39, 0.29) is 11.9 Å². The fourth-order valence-electron chi connectivity index (χ4n) is 2.18.